The fourth-order valence-electron chi connectivity index (χ4n) is 2.51. The molecule has 0 fully saturated rings. The van der Waals surface area contributed by atoms with Gasteiger partial charge in [0.1, 0.15) is 24.7 Å². The second-order valence-electron chi connectivity index (χ2n) is 6.05. The number of amides is 1. The summed E-state index contributed by atoms with van der Waals surface area (Å²) in [5.74, 6) is 0.798. The minimum absolute atomic E-state index is 0.00571. The molecule has 0 aromatic heterocycles. The molecule has 0 aliphatic heterocycles. The highest BCUT2D eigenvalue weighted by Gasteiger charge is 2.06. The quantitative estimate of drug-likeness (QED) is 0.252. The van der Waals surface area contributed by atoms with Crippen molar-refractivity contribution >= 4 is 17.8 Å². The van der Waals surface area contributed by atoms with Gasteiger partial charge in [-0.05, 0) is 36.4 Å². The lowest BCUT2D eigenvalue weighted by Gasteiger charge is -2.10. The first-order valence-corrected chi connectivity index (χ1v) is 9.11. The van der Waals surface area contributed by atoms with Gasteiger partial charge in [-0.15, -0.1) is 0 Å². The first-order chi connectivity index (χ1) is 14.6. The summed E-state index contributed by atoms with van der Waals surface area (Å²) in [7, 11) is 0. The van der Waals surface area contributed by atoms with E-state index in [-0.39, 0.29) is 24.8 Å². The number of carbonyl (C=O) groups excluding carboxylic acids is 1. The molecule has 1 amide bonds. The summed E-state index contributed by atoms with van der Waals surface area (Å²) < 4.78 is 11.3. The normalized spacial score (nSPS) is 10.5. The van der Waals surface area contributed by atoms with Crippen molar-refractivity contribution in [2.24, 2.45) is 5.10 Å². The third kappa shape index (κ3) is 5.90. The number of non-ortho nitro benzene ring substituents is 1. The van der Waals surface area contributed by atoms with Crippen LogP contribution in [0, 0.1) is 10.1 Å². The molecule has 3 aromatic rings. The molecule has 152 valence electrons. The van der Waals surface area contributed by atoms with Crippen LogP contribution in [-0.4, -0.2) is 30.3 Å². The number of hydrazone groups is 1. The summed E-state index contributed by atoms with van der Waals surface area (Å²) in [6.07, 6.45) is 1.51. The SMILES string of the molecule is O=C(N/N=C\c1ccccc1OCCOc1ccc([N+](=O)[O-])cc1)c1ccccc1. The zero-order valence-corrected chi connectivity index (χ0v) is 15.9. The highest BCUT2D eigenvalue weighted by Crippen LogP contribution is 2.18. The van der Waals surface area contributed by atoms with E-state index in [4.69, 9.17) is 9.47 Å². The van der Waals surface area contributed by atoms with E-state index in [1.165, 1.54) is 30.5 Å². The molecule has 8 heteroatoms. The van der Waals surface area contributed by atoms with Crippen LogP contribution in [-0.2, 0) is 0 Å². The molecule has 30 heavy (non-hydrogen) atoms. The average Bonchev–Trinajstić information content (AvgIpc) is 2.78. The van der Waals surface area contributed by atoms with Crippen LogP contribution in [0.25, 0.3) is 0 Å². The van der Waals surface area contributed by atoms with Crippen LogP contribution in [0.3, 0.4) is 0 Å². The minimum Gasteiger partial charge on any atom is -0.490 e. The van der Waals surface area contributed by atoms with Gasteiger partial charge in [0, 0.05) is 23.3 Å². The first-order valence-electron chi connectivity index (χ1n) is 9.11. The summed E-state index contributed by atoms with van der Waals surface area (Å²) in [6, 6.07) is 21.9. The van der Waals surface area contributed by atoms with E-state index in [9.17, 15) is 14.9 Å². The van der Waals surface area contributed by atoms with Crippen molar-refractivity contribution in [3.8, 4) is 11.5 Å². The molecular formula is C22H19N3O5. The Bertz CT molecular complexity index is 1020. The van der Waals surface area contributed by atoms with Gasteiger partial charge in [0.25, 0.3) is 11.6 Å². The summed E-state index contributed by atoms with van der Waals surface area (Å²) in [4.78, 5) is 22.2. The van der Waals surface area contributed by atoms with Crippen LogP contribution in [0.5, 0.6) is 11.5 Å². The van der Waals surface area contributed by atoms with Gasteiger partial charge in [0.15, 0.2) is 0 Å². The zero-order chi connectivity index (χ0) is 21.2. The fourth-order valence-corrected chi connectivity index (χ4v) is 2.51. The zero-order valence-electron chi connectivity index (χ0n) is 15.9. The number of rotatable bonds is 9. The standard InChI is InChI=1S/C22H19N3O5/c26-22(17-6-2-1-3-7-17)24-23-16-18-8-4-5-9-21(18)30-15-14-29-20-12-10-19(11-13-20)25(27)28/h1-13,16H,14-15H2,(H,24,26)/b23-16-. The molecule has 0 aliphatic rings. The molecule has 0 bridgehead atoms. The Morgan fingerprint density at radius 2 is 1.60 bits per heavy atom. The largest absolute Gasteiger partial charge is 0.490 e. The molecule has 0 saturated carbocycles. The maximum Gasteiger partial charge on any atom is 0.271 e. The van der Waals surface area contributed by atoms with Crippen LogP contribution >= 0.6 is 0 Å². The Kier molecular flexibility index (Phi) is 7.10. The number of nitro benzene ring substituents is 1. The Labute approximate surface area is 172 Å². The van der Waals surface area contributed by atoms with Gasteiger partial charge in [-0.25, -0.2) is 5.43 Å². The Hall–Kier alpha value is -4.20. The van der Waals surface area contributed by atoms with E-state index in [2.05, 4.69) is 10.5 Å². The maximum absolute atomic E-state index is 12.0. The van der Waals surface area contributed by atoms with E-state index >= 15 is 0 Å². The highest BCUT2D eigenvalue weighted by molar-refractivity contribution is 5.95. The third-order valence-electron chi connectivity index (χ3n) is 3.98. The number of hydrogen-bond acceptors (Lipinski definition) is 6. The molecule has 0 atom stereocenters. The van der Waals surface area contributed by atoms with Crippen LogP contribution in [0.4, 0.5) is 5.69 Å². The van der Waals surface area contributed by atoms with Gasteiger partial charge in [-0.2, -0.15) is 5.10 Å². The van der Waals surface area contributed by atoms with Crippen molar-refractivity contribution in [2.45, 2.75) is 0 Å². The van der Waals surface area contributed by atoms with Crippen molar-refractivity contribution in [3.05, 3.63) is 100 Å². The molecule has 1 N–H and O–H groups in total. The van der Waals surface area contributed by atoms with Crippen molar-refractivity contribution < 1.29 is 19.2 Å². The maximum atomic E-state index is 12.0. The summed E-state index contributed by atoms with van der Waals surface area (Å²) >= 11 is 0. The number of ether oxygens (including phenoxy) is 2. The van der Waals surface area contributed by atoms with Crippen molar-refractivity contribution in [1.82, 2.24) is 5.43 Å². The average molecular weight is 405 g/mol. The number of benzene rings is 3. The number of nitrogens with one attached hydrogen (secondary N) is 1. The highest BCUT2D eigenvalue weighted by atomic mass is 16.6. The number of carbonyl (C=O) groups is 1. The Morgan fingerprint density at radius 1 is 0.933 bits per heavy atom. The van der Waals surface area contributed by atoms with Gasteiger partial charge in [0.05, 0.1) is 11.1 Å². The van der Waals surface area contributed by atoms with E-state index in [0.717, 1.165) is 0 Å². The minimum atomic E-state index is -0.465. The smallest absolute Gasteiger partial charge is 0.271 e. The molecular weight excluding hydrogens is 386 g/mol. The Balaban J connectivity index is 1.50. The second-order valence-corrected chi connectivity index (χ2v) is 6.05. The van der Waals surface area contributed by atoms with Crippen LogP contribution in [0.15, 0.2) is 84.0 Å². The van der Waals surface area contributed by atoms with Gasteiger partial charge < -0.3 is 9.47 Å². The van der Waals surface area contributed by atoms with Gasteiger partial charge in [0.2, 0.25) is 0 Å². The van der Waals surface area contributed by atoms with Gasteiger partial charge in [-0.3, -0.25) is 14.9 Å². The van der Waals surface area contributed by atoms with Crippen LogP contribution < -0.4 is 14.9 Å². The molecule has 0 radical (unpaired) electrons. The van der Waals surface area contributed by atoms with Crippen LogP contribution in [0.2, 0.25) is 0 Å². The predicted octanol–water partition coefficient (Wildman–Crippen LogP) is 3.82. The lowest BCUT2D eigenvalue weighted by atomic mass is 10.2. The topological polar surface area (TPSA) is 103 Å². The molecule has 0 saturated heterocycles. The Morgan fingerprint density at radius 3 is 2.33 bits per heavy atom. The number of nitrogens with zero attached hydrogens (tertiary/aromatic N) is 2. The molecule has 8 nitrogen and oxygen atoms in total. The van der Waals surface area contributed by atoms with E-state index in [1.54, 1.807) is 30.3 Å². The second kappa shape index (κ2) is 10.4. The summed E-state index contributed by atoms with van der Waals surface area (Å²) in [5.41, 5.74) is 3.70. The first kappa shape index (κ1) is 20.5. The predicted molar refractivity (Wildman–Crippen MR) is 112 cm³/mol. The fraction of sp³-hybridized carbons (Fsp3) is 0.0909. The molecule has 0 spiro atoms. The summed E-state index contributed by atoms with van der Waals surface area (Å²) in [6.45, 7) is 0.520. The van der Waals surface area contributed by atoms with Gasteiger partial charge in [-0.1, -0.05) is 30.3 Å². The molecule has 0 unspecified atom stereocenters. The van der Waals surface area contributed by atoms with Gasteiger partial charge >= 0.3 is 0 Å². The molecule has 0 aliphatic carbocycles. The van der Waals surface area contributed by atoms with Crippen molar-refractivity contribution in [1.29, 1.82) is 0 Å². The monoisotopic (exact) mass is 405 g/mol. The number of hydrogen-bond donors (Lipinski definition) is 1. The third-order valence-corrected chi connectivity index (χ3v) is 3.98. The van der Waals surface area contributed by atoms with E-state index < -0.39 is 4.92 Å². The van der Waals surface area contributed by atoms with E-state index in [1.807, 2.05) is 24.3 Å². The number of nitro groups is 1. The molecule has 0 heterocycles. The summed E-state index contributed by atoms with van der Waals surface area (Å²) in [5, 5.41) is 14.6. The molecule has 3 aromatic carbocycles. The van der Waals surface area contributed by atoms with Crippen molar-refractivity contribution in [2.75, 3.05) is 13.2 Å². The number of para-hydroxylation sites is 1. The lowest BCUT2D eigenvalue weighted by Crippen LogP contribution is -2.17. The van der Waals surface area contributed by atoms with E-state index in [0.29, 0.717) is 22.6 Å². The van der Waals surface area contributed by atoms with Crippen molar-refractivity contribution in [3.63, 3.8) is 0 Å². The lowest BCUT2D eigenvalue weighted by molar-refractivity contribution is -0.384. The van der Waals surface area contributed by atoms with Crippen LogP contribution in [0.1, 0.15) is 15.9 Å². The molecule has 3 rings (SSSR count).